The van der Waals surface area contributed by atoms with E-state index < -0.39 is 27.7 Å². The lowest BCUT2D eigenvalue weighted by atomic mass is 10.0. The summed E-state index contributed by atoms with van der Waals surface area (Å²) in [6.45, 7) is 13.0. The molecule has 1 fully saturated rings. The molecule has 2 heterocycles. The average Bonchev–Trinajstić information content (AvgIpc) is 3.27. The first-order valence-corrected chi connectivity index (χ1v) is 15.2. The second-order valence-corrected chi connectivity index (χ2v) is 13.8. The Kier molecular flexibility index (Phi) is 9.97. The summed E-state index contributed by atoms with van der Waals surface area (Å²) >= 11 is 1.39. The maximum absolute atomic E-state index is 13.4. The molecular weight excluding hydrogens is 542 g/mol. The monoisotopic (exact) mass is 581 g/mol. The molecule has 0 aliphatic carbocycles. The van der Waals surface area contributed by atoms with Crippen LogP contribution in [0.4, 0.5) is 15.3 Å². The van der Waals surface area contributed by atoms with Crippen molar-refractivity contribution in [3.8, 4) is 10.4 Å². The van der Waals surface area contributed by atoms with Gasteiger partial charge in [0, 0.05) is 35.6 Å². The molecule has 1 aliphatic rings. The van der Waals surface area contributed by atoms with Crippen LogP contribution in [0.5, 0.6) is 0 Å². The number of piperidine rings is 1. The van der Waals surface area contributed by atoms with E-state index in [1.165, 1.54) is 17.4 Å². The molecule has 0 radical (unpaired) electrons. The number of hydrogen-bond donors (Lipinski definition) is 4. The van der Waals surface area contributed by atoms with Crippen LogP contribution in [0.15, 0.2) is 29.3 Å². The van der Waals surface area contributed by atoms with Gasteiger partial charge in [0.2, 0.25) is 10.0 Å². The lowest BCUT2D eigenvalue weighted by Gasteiger charge is -2.28. The summed E-state index contributed by atoms with van der Waals surface area (Å²) in [5, 5.41) is 9.51. The van der Waals surface area contributed by atoms with Gasteiger partial charge in [0.25, 0.3) is 0 Å². The van der Waals surface area contributed by atoms with Gasteiger partial charge in [0.05, 0.1) is 21.9 Å². The zero-order chi connectivity index (χ0) is 29.0. The number of benzene rings is 1. The number of thiazole rings is 1. The number of ether oxygens (including phenoxy) is 2. The average molecular weight is 582 g/mol. The van der Waals surface area contributed by atoms with Gasteiger partial charge in [-0.25, -0.2) is 27.7 Å². The molecule has 0 saturated carbocycles. The summed E-state index contributed by atoms with van der Waals surface area (Å²) in [4.78, 5) is 29.3. The highest BCUT2D eigenvalue weighted by atomic mass is 32.2. The highest BCUT2D eigenvalue weighted by Crippen LogP contribution is 2.37. The predicted molar refractivity (Wildman–Crippen MR) is 151 cm³/mol. The smallest absolute Gasteiger partial charge is 0.411 e. The largest absolute Gasteiger partial charge is 0.447 e. The van der Waals surface area contributed by atoms with Crippen LogP contribution in [0.3, 0.4) is 0 Å². The lowest BCUT2D eigenvalue weighted by Crippen LogP contribution is -2.42. The molecule has 0 bridgehead atoms. The van der Waals surface area contributed by atoms with E-state index in [1.807, 2.05) is 13.8 Å². The number of sulfonamides is 1. The summed E-state index contributed by atoms with van der Waals surface area (Å²) in [6.07, 6.45) is 1.40. The van der Waals surface area contributed by atoms with Gasteiger partial charge in [-0.1, -0.05) is 6.07 Å². The number of amides is 2. The lowest BCUT2D eigenvalue weighted by molar-refractivity contribution is 0.0732. The molecule has 4 N–H and O–H groups in total. The number of alkyl carbamates (subject to hydrolysis) is 1. The summed E-state index contributed by atoms with van der Waals surface area (Å²) in [5.74, 6) is 0. The molecule has 216 valence electrons. The summed E-state index contributed by atoms with van der Waals surface area (Å²) in [7, 11) is -3.95. The van der Waals surface area contributed by atoms with E-state index in [0.29, 0.717) is 35.5 Å². The first-order chi connectivity index (χ1) is 18.1. The van der Waals surface area contributed by atoms with Gasteiger partial charge in [0.1, 0.15) is 11.1 Å². The van der Waals surface area contributed by atoms with Gasteiger partial charge in [-0.15, -0.1) is 11.3 Å². The SMILES string of the molecule is CC(C)NC(=O)O[C@@H]1CC[C@@H](c2ncc(-c3ccc(NC(=O)OC(C)C)cc3S(=O)(=O)NC(C)(C)C)s2)NC1. The third-order valence-corrected chi connectivity index (χ3v) is 8.38. The Hall–Kier alpha value is -2.74. The van der Waals surface area contributed by atoms with Crippen LogP contribution in [0.1, 0.15) is 72.4 Å². The Morgan fingerprint density at radius 2 is 1.85 bits per heavy atom. The zero-order valence-corrected chi connectivity index (χ0v) is 25.1. The number of hydrogen-bond acceptors (Lipinski definition) is 9. The third-order valence-electron chi connectivity index (χ3n) is 5.44. The van der Waals surface area contributed by atoms with E-state index in [4.69, 9.17) is 9.47 Å². The Morgan fingerprint density at radius 3 is 2.44 bits per heavy atom. The topological polar surface area (TPSA) is 148 Å². The van der Waals surface area contributed by atoms with Crippen molar-refractivity contribution in [2.75, 3.05) is 11.9 Å². The maximum Gasteiger partial charge on any atom is 0.411 e. The van der Waals surface area contributed by atoms with E-state index >= 15 is 0 Å². The van der Waals surface area contributed by atoms with Crippen molar-refractivity contribution in [1.29, 1.82) is 0 Å². The number of carbonyl (C=O) groups is 2. The molecule has 1 aliphatic heterocycles. The molecule has 11 nitrogen and oxygen atoms in total. The Morgan fingerprint density at radius 1 is 1.13 bits per heavy atom. The fourth-order valence-corrected chi connectivity index (χ4v) is 6.78. The number of rotatable bonds is 8. The first kappa shape index (κ1) is 30.8. The normalized spacial score (nSPS) is 18.2. The number of anilines is 1. The van der Waals surface area contributed by atoms with Crippen LogP contribution < -0.4 is 20.7 Å². The van der Waals surface area contributed by atoms with Crippen molar-refractivity contribution in [3.05, 3.63) is 29.4 Å². The minimum atomic E-state index is -3.95. The van der Waals surface area contributed by atoms with Gasteiger partial charge in [-0.3, -0.25) is 5.32 Å². The van der Waals surface area contributed by atoms with Gasteiger partial charge in [-0.05, 0) is 73.4 Å². The summed E-state index contributed by atoms with van der Waals surface area (Å²) < 4.78 is 40.1. The Bertz CT molecular complexity index is 1260. The van der Waals surface area contributed by atoms with Crippen LogP contribution in [-0.4, -0.2) is 55.9 Å². The predicted octanol–water partition coefficient (Wildman–Crippen LogP) is 4.77. The van der Waals surface area contributed by atoms with Gasteiger partial charge in [0.15, 0.2) is 0 Å². The molecule has 1 aromatic carbocycles. The molecule has 1 aromatic heterocycles. The van der Waals surface area contributed by atoms with Gasteiger partial charge >= 0.3 is 12.2 Å². The van der Waals surface area contributed by atoms with Crippen molar-refractivity contribution >= 4 is 39.2 Å². The summed E-state index contributed by atoms with van der Waals surface area (Å²) in [5.41, 5.74) is 0.0524. The molecule has 13 heteroatoms. The van der Waals surface area contributed by atoms with Gasteiger partial charge < -0.3 is 20.1 Å². The third kappa shape index (κ3) is 9.16. The van der Waals surface area contributed by atoms with Gasteiger partial charge in [-0.2, -0.15) is 0 Å². The molecule has 39 heavy (non-hydrogen) atoms. The summed E-state index contributed by atoms with van der Waals surface area (Å²) in [6, 6.07) is 4.67. The quantitative estimate of drug-likeness (QED) is 0.348. The number of nitrogens with one attached hydrogen (secondary N) is 4. The van der Waals surface area contributed by atoms with Crippen LogP contribution >= 0.6 is 11.3 Å². The Balaban J connectivity index is 1.82. The van der Waals surface area contributed by atoms with Crippen LogP contribution in [0.25, 0.3) is 10.4 Å². The maximum atomic E-state index is 13.4. The molecule has 2 aromatic rings. The molecule has 0 spiro atoms. The second kappa shape index (κ2) is 12.6. The van der Waals surface area contributed by atoms with Crippen LogP contribution in [-0.2, 0) is 19.5 Å². The molecule has 2 amide bonds. The second-order valence-electron chi connectivity index (χ2n) is 11.1. The minimum Gasteiger partial charge on any atom is -0.447 e. The fraction of sp³-hybridized carbons (Fsp3) is 0.577. The first-order valence-electron chi connectivity index (χ1n) is 12.9. The van der Waals surface area contributed by atoms with Crippen molar-refractivity contribution in [1.82, 2.24) is 20.3 Å². The van der Waals surface area contributed by atoms with E-state index in [-0.39, 0.29) is 29.2 Å². The van der Waals surface area contributed by atoms with Crippen molar-refractivity contribution in [3.63, 3.8) is 0 Å². The van der Waals surface area contributed by atoms with E-state index in [0.717, 1.165) is 5.01 Å². The number of carbonyl (C=O) groups excluding carboxylic acids is 2. The standard InChI is InChI=1S/C26H39N5O6S2/c1-15(2)29-24(32)37-18-9-11-20(27-13-18)23-28-14-21(38-23)19-10-8-17(30-25(33)36-16(3)4)12-22(19)39(34,35)31-26(5,6)7/h8,10,12,14-16,18,20,27,31H,9,11,13H2,1-7H3,(H,29,32)(H,30,33)/t18-,20+/m1/s1. The van der Waals surface area contributed by atoms with Crippen molar-refractivity contribution < 1.29 is 27.5 Å². The molecule has 3 rings (SSSR count). The highest BCUT2D eigenvalue weighted by Gasteiger charge is 2.29. The number of nitrogens with zero attached hydrogens (tertiary/aromatic N) is 1. The minimum absolute atomic E-state index is 0.00143. The van der Waals surface area contributed by atoms with E-state index in [2.05, 4.69) is 25.7 Å². The van der Waals surface area contributed by atoms with Crippen molar-refractivity contribution in [2.24, 2.45) is 0 Å². The van der Waals surface area contributed by atoms with Crippen LogP contribution in [0.2, 0.25) is 0 Å². The van der Waals surface area contributed by atoms with E-state index in [9.17, 15) is 18.0 Å². The molecule has 1 saturated heterocycles. The van der Waals surface area contributed by atoms with E-state index in [1.54, 1.807) is 52.9 Å². The molecule has 2 atom stereocenters. The number of aromatic nitrogens is 1. The highest BCUT2D eigenvalue weighted by molar-refractivity contribution is 7.89. The fourth-order valence-electron chi connectivity index (χ4n) is 3.98. The van der Waals surface area contributed by atoms with Crippen LogP contribution in [0, 0.1) is 0 Å². The zero-order valence-electron chi connectivity index (χ0n) is 23.5. The molecular formula is C26H39N5O6S2. The van der Waals surface area contributed by atoms with Crippen molar-refractivity contribution in [2.45, 2.75) is 96.0 Å². The molecule has 0 unspecified atom stereocenters. The Labute approximate surface area is 234 Å².